The van der Waals surface area contributed by atoms with Crippen molar-refractivity contribution in [3.8, 4) is 11.4 Å². The molecule has 0 unspecified atom stereocenters. The standard InChI is InChI=1S/C25H30Cl3N5O3S2/c1-6-15(4)33-23(17-10-9-11-18(12-17)38(35,36)32(7-2)8-3)30-31-25(33)37-16(5)24(34)29-22-14-20(27)19(26)13-21(22)28/h9-16H,6-8H2,1-5H3,(H,29,34)/t15-,16-/m0/s1. The largest absolute Gasteiger partial charge is 0.324 e. The number of sulfonamides is 1. The van der Waals surface area contributed by atoms with E-state index >= 15 is 0 Å². The minimum Gasteiger partial charge on any atom is -0.324 e. The fraction of sp³-hybridized carbons (Fsp3) is 0.400. The lowest BCUT2D eigenvalue weighted by atomic mass is 10.2. The van der Waals surface area contributed by atoms with Gasteiger partial charge in [-0.2, -0.15) is 4.31 Å². The summed E-state index contributed by atoms with van der Waals surface area (Å²) in [7, 11) is -3.64. The quantitative estimate of drug-likeness (QED) is 0.183. The maximum atomic E-state index is 13.1. The summed E-state index contributed by atoms with van der Waals surface area (Å²) in [5.41, 5.74) is 0.978. The molecule has 2 aromatic carbocycles. The van der Waals surface area contributed by atoms with Gasteiger partial charge in [-0.05, 0) is 44.5 Å². The van der Waals surface area contributed by atoms with Crippen molar-refractivity contribution in [3.63, 3.8) is 0 Å². The Morgan fingerprint density at radius 1 is 1.03 bits per heavy atom. The van der Waals surface area contributed by atoms with Crippen molar-refractivity contribution >= 4 is 68.2 Å². The first-order valence-corrected chi connectivity index (χ1v) is 15.6. The molecule has 0 fully saturated rings. The molecule has 8 nitrogen and oxygen atoms in total. The minimum absolute atomic E-state index is 0.00896. The molecule has 2 atom stereocenters. The number of rotatable bonds is 11. The first-order chi connectivity index (χ1) is 17.9. The van der Waals surface area contributed by atoms with Gasteiger partial charge in [-0.1, -0.05) is 79.5 Å². The minimum atomic E-state index is -3.64. The Morgan fingerprint density at radius 3 is 2.32 bits per heavy atom. The van der Waals surface area contributed by atoms with E-state index in [0.29, 0.717) is 40.3 Å². The van der Waals surface area contributed by atoms with Gasteiger partial charge in [0.05, 0.1) is 30.9 Å². The molecule has 13 heteroatoms. The van der Waals surface area contributed by atoms with E-state index < -0.39 is 15.3 Å². The maximum absolute atomic E-state index is 13.1. The number of halogens is 3. The summed E-state index contributed by atoms with van der Waals surface area (Å²) in [6, 6.07) is 9.67. The van der Waals surface area contributed by atoms with Crippen LogP contribution in [0, 0.1) is 0 Å². The Bertz CT molecular complexity index is 1410. The number of hydrogen-bond acceptors (Lipinski definition) is 6. The van der Waals surface area contributed by atoms with Gasteiger partial charge < -0.3 is 5.32 Å². The van der Waals surface area contributed by atoms with E-state index in [4.69, 9.17) is 34.8 Å². The van der Waals surface area contributed by atoms with Crippen LogP contribution in [0.3, 0.4) is 0 Å². The molecule has 0 saturated heterocycles. The molecule has 0 aliphatic carbocycles. The lowest BCUT2D eigenvalue weighted by molar-refractivity contribution is -0.115. The highest BCUT2D eigenvalue weighted by Gasteiger charge is 2.26. The fourth-order valence-electron chi connectivity index (χ4n) is 3.71. The maximum Gasteiger partial charge on any atom is 0.243 e. The van der Waals surface area contributed by atoms with E-state index in [0.717, 1.165) is 6.42 Å². The van der Waals surface area contributed by atoms with Gasteiger partial charge in [-0.3, -0.25) is 9.36 Å². The number of thioether (sulfide) groups is 1. The van der Waals surface area contributed by atoms with Crippen LogP contribution in [0.2, 0.25) is 15.1 Å². The van der Waals surface area contributed by atoms with Crippen LogP contribution < -0.4 is 5.32 Å². The second-order valence-electron chi connectivity index (χ2n) is 8.55. The van der Waals surface area contributed by atoms with Crippen molar-refractivity contribution in [3.05, 3.63) is 51.5 Å². The zero-order chi connectivity index (χ0) is 28.2. The van der Waals surface area contributed by atoms with Crippen molar-refractivity contribution < 1.29 is 13.2 Å². The van der Waals surface area contributed by atoms with Gasteiger partial charge in [-0.25, -0.2) is 8.42 Å². The third kappa shape index (κ3) is 6.66. The number of carbonyl (C=O) groups excluding carboxylic acids is 1. The summed E-state index contributed by atoms with van der Waals surface area (Å²) in [4.78, 5) is 13.2. The zero-order valence-electron chi connectivity index (χ0n) is 21.7. The first kappa shape index (κ1) is 30.7. The van der Waals surface area contributed by atoms with Crippen LogP contribution in [0.1, 0.15) is 47.1 Å². The Labute approximate surface area is 243 Å². The van der Waals surface area contributed by atoms with E-state index in [1.165, 1.54) is 28.2 Å². The monoisotopic (exact) mass is 617 g/mol. The molecule has 1 amide bonds. The number of hydrogen-bond donors (Lipinski definition) is 1. The van der Waals surface area contributed by atoms with Gasteiger partial charge >= 0.3 is 0 Å². The summed E-state index contributed by atoms with van der Waals surface area (Å²) < 4.78 is 29.5. The summed E-state index contributed by atoms with van der Waals surface area (Å²) in [6.07, 6.45) is 0.773. The van der Waals surface area contributed by atoms with E-state index in [-0.39, 0.29) is 26.9 Å². The number of nitrogens with one attached hydrogen (secondary N) is 1. The van der Waals surface area contributed by atoms with E-state index in [2.05, 4.69) is 15.5 Å². The van der Waals surface area contributed by atoms with Gasteiger partial charge in [0, 0.05) is 24.7 Å². The molecule has 0 aliphatic rings. The van der Waals surface area contributed by atoms with Crippen LogP contribution in [0.25, 0.3) is 11.4 Å². The van der Waals surface area contributed by atoms with Crippen molar-refractivity contribution in [2.45, 2.75) is 62.4 Å². The highest BCUT2D eigenvalue weighted by Crippen LogP contribution is 2.35. The lowest BCUT2D eigenvalue weighted by Gasteiger charge is -2.20. The van der Waals surface area contributed by atoms with Crippen LogP contribution in [0.4, 0.5) is 5.69 Å². The molecular formula is C25H30Cl3N5O3S2. The van der Waals surface area contributed by atoms with E-state index in [9.17, 15) is 13.2 Å². The molecule has 1 aromatic heterocycles. The second-order valence-corrected chi connectivity index (χ2v) is 13.0. The summed E-state index contributed by atoms with van der Waals surface area (Å²) >= 11 is 19.5. The fourth-order valence-corrected chi connectivity index (χ4v) is 6.76. The molecule has 0 bridgehead atoms. The number of aromatic nitrogens is 3. The first-order valence-electron chi connectivity index (χ1n) is 12.1. The molecule has 1 N–H and O–H groups in total. The zero-order valence-corrected chi connectivity index (χ0v) is 25.6. The predicted octanol–water partition coefficient (Wildman–Crippen LogP) is 7.03. The van der Waals surface area contributed by atoms with E-state index in [1.54, 1.807) is 45.0 Å². The van der Waals surface area contributed by atoms with Gasteiger partial charge in [-0.15, -0.1) is 10.2 Å². The molecule has 0 spiro atoms. The molecule has 0 saturated carbocycles. The summed E-state index contributed by atoms with van der Waals surface area (Å²) in [5.74, 6) is 0.224. The predicted molar refractivity (Wildman–Crippen MR) is 156 cm³/mol. The van der Waals surface area contributed by atoms with Crippen molar-refractivity contribution in [1.29, 1.82) is 0 Å². The summed E-state index contributed by atoms with van der Waals surface area (Å²) in [6.45, 7) is 10.2. The smallest absolute Gasteiger partial charge is 0.243 e. The number of anilines is 1. The van der Waals surface area contributed by atoms with Crippen molar-refractivity contribution in [2.24, 2.45) is 0 Å². The lowest BCUT2D eigenvalue weighted by Crippen LogP contribution is -2.30. The molecule has 1 heterocycles. The average Bonchev–Trinajstić information content (AvgIpc) is 3.30. The number of benzene rings is 2. The van der Waals surface area contributed by atoms with Gasteiger partial charge in [0.15, 0.2) is 11.0 Å². The van der Waals surface area contributed by atoms with Gasteiger partial charge in [0.1, 0.15) is 0 Å². The molecule has 0 radical (unpaired) electrons. The third-order valence-corrected chi connectivity index (χ3v) is 10.2. The number of nitrogens with zero attached hydrogens (tertiary/aromatic N) is 4. The van der Waals surface area contributed by atoms with Gasteiger partial charge in [0.2, 0.25) is 15.9 Å². The molecule has 38 heavy (non-hydrogen) atoms. The van der Waals surface area contributed by atoms with Crippen molar-refractivity contribution in [1.82, 2.24) is 19.1 Å². The molecule has 3 rings (SSSR count). The number of carbonyl (C=O) groups is 1. The molecule has 206 valence electrons. The van der Waals surface area contributed by atoms with Crippen LogP contribution in [0.5, 0.6) is 0 Å². The Balaban J connectivity index is 1.92. The topological polar surface area (TPSA) is 97.2 Å². The molecular weight excluding hydrogens is 589 g/mol. The molecule has 3 aromatic rings. The van der Waals surface area contributed by atoms with Crippen LogP contribution in [-0.2, 0) is 14.8 Å². The Hall–Kier alpha value is -1.82. The second kappa shape index (κ2) is 13.0. The average molecular weight is 619 g/mol. The van der Waals surface area contributed by atoms with Crippen LogP contribution in [0.15, 0.2) is 46.5 Å². The Morgan fingerprint density at radius 2 is 1.68 bits per heavy atom. The van der Waals surface area contributed by atoms with Crippen molar-refractivity contribution in [2.75, 3.05) is 18.4 Å². The highest BCUT2D eigenvalue weighted by atomic mass is 35.5. The van der Waals surface area contributed by atoms with Gasteiger partial charge in [0.25, 0.3) is 0 Å². The normalized spacial score (nSPS) is 13.5. The highest BCUT2D eigenvalue weighted by molar-refractivity contribution is 8.00. The Kier molecular flexibility index (Phi) is 10.5. The molecule has 0 aliphatic heterocycles. The van der Waals surface area contributed by atoms with Crippen LogP contribution >= 0.6 is 46.6 Å². The third-order valence-electron chi connectivity index (χ3n) is 6.05. The number of amides is 1. The van der Waals surface area contributed by atoms with Crippen LogP contribution in [-0.4, -0.2) is 51.7 Å². The van der Waals surface area contributed by atoms with E-state index in [1.807, 2.05) is 18.4 Å². The SMILES string of the molecule is CC[C@H](C)n1c(S[C@@H](C)C(=O)Nc2cc(Cl)c(Cl)cc2Cl)nnc1-c1cccc(S(=O)(=O)N(CC)CC)c1. The summed E-state index contributed by atoms with van der Waals surface area (Å²) in [5, 5.41) is 12.4.